The van der Waals surface area contributed by atoms with Crippen molar-refractivity contribution in [1.29, 1.82) is 0 Å². The minimum absolute atomic E-state index is 0.112. The van der Waals surface area contributed by atoms with Crippen molar-refractivity contribution in [3.8, 4) is 0 Å². The van der Waals surface area contributed by atoms with Crippen molar-refractivity contribution < 1.29 is 12.8 Å². The molecule has 3 aromatic rings. The summed E-state index contributed by atoms with van der Waals surface area (Å²) in [5.74, 6) is -0.397. The van der Waals surface area contributed by atoms with E-state index < -0.39 is 15.8 Å². The van der Waals surface area contributed by atoms with Gasteiger partial charge in [0.15, 0.2) is 0 Å². The van der Waals surface area contributed by atoms with Crippen LogP contribution in [0.3, 0.4) is 0 Å². The molecule has 0 saturated carbocycles. The predicted molar refractivity (Wildman–Crippen MR) is 107 cm³/mol. The van der Waals surface area contributed by atoms with Crippen LogP contribution in [-0.4, -0.2) is 14.1 Å². The lowest BCUT2D eigenvalue weighted by Crippen LogP contribution is -2.04. The molecule has 0 aliphatic rings. The maximum Gasteiger partial charge on any atom is 0.282 e. The number of halogens is 1. The lowest BCUT2D eigenvalue weighted by atomic mass is 10.1. The Bertz CT molecular complexity index is 1070. The molecule has 0 heterocycles. The first-order chi connectivity index (χ1) is 12.9. The van der Waals surface area contributed by atoms with Crippen LogP contribution in [0, 0.1) is 12.7 Å². The number of hydrogen-bond acceptors (Lipinski definition) is 2. The molecule has 3 aromatic carbocycles. The predicted octanol–water partition coefficient (Wildman–Crippen LogP) is 5.03. The van der Waals surface area contributed by atoms with Crippen LogP contribution in [0.15, 0.2) is 94.2 Å². The molecule has 0 aromatic heterocycles. The summed E-state index contributed by atoms with van der Waals surface area (Å²) in [5.41, 5.74) is 2.61. The molecule has 3 rings (SSSR count). The van der Waals surface area contributed by atoms with Gasteiger partial charge in [0.25, 0.3) is 10.0 Å². The van der Waals surface area contributed by atoms with Crippen molar-refractivity contribution in [3.05, 3.63) is 107 Å². The summed E-state index contributed by atoms with van der Waals surface area (Å²) in [7, 11) is -3.90. The monoisotopic (exact) mass is 379 g/mol. The van der Waals surface area contributed by atoms with Crippen LogP contribution in [0.5, 0.6) is 0 Å². The van der Waals surface area contributed by atoms with Gasteiger partial charge in [-0.25, -0.2) is 4.39 Å². The highest BCUT2D eigenvalue weighted by Gasteiger charge is 2.14. The Balaban J connectivity index is 2.05. The first-order valence-corrected chi connectivity index (χ1v) is 9.79. The fourth-order valence-electron chi connectivity index (χ4n) is 2.43. The molecule has 5 heteroatoms. The topological polar surface area (TPSA) is 46.5 Å². The van der Waals surface area contributed by atoms with Gasteiger partial charge in [0.1, 0.15) is 5.82 Å². The molecule has 136 valence electrons. The second-order valence-corrected chi connectivity index (χ2v) is 7.62. The Morgan fingerprint density at radius 2 is 1.52 bits per heavy atom. The van der Waals surface area contributed by atoms with E-state index in [2.05, 4.69) is 4.40 Å². The molecule has 0 aliphatic heterocycles. The number of sulfonamides is 1. The first-order valence-electron chi connectivity index (χ1n) is 8.35. The molecule has 0 amide bonds. The Kier molecular flexibility index (Phi) is 5.62. The molecular formula is C22H18FNO2S. The first kappa shape index (κ1) is 18.7. The molecule has 0 spiro atoms. The molecule has 0 fully saturated rings. The van der Waals surface area contributed by atoms with E-state index in [4.69, 9.17) is 0 Å². The van der Waals surface area contributed by atoms with Crippen LogP contribution in [-0.2, 0) is 10.0 Å². The van der Waals surface area contributed by atoms with E-state index in [1.165, 1.54) is 36.4 Å². The summed E-state index contributed by atoms with van der Waals surface area (Å²) in [4.78, 5) is 0.112. The molecule has 0 radical (unpaired) electrons. The zero-order chi connectivity index (χ0) is 19.3. The lowest BCUT2D eigenvalue weighted by Gasteiger charge is -2.05. The van der Waals surface area contributed by atoms with Gasteiger partial charge in [0.2, 0.25) is 0 Å². The van der Waals surface area contributed by atoms with Crippen molar-refractivity contribution in [3.63, 3.8) is 0 Å². The largest absolute Gasteiger partial charge is 0.282 e. The van der Waals surface area contributed by atoms with E-state index in [1.807, 2.05) is 37.3 Å². The Labute approximate surface area is 158 Å². The number of benzene rings is 3. The zero-order valence-corrected chi connectivity index (χ0v) is 15.5. The van der Waals surface area contributed by atoms with Crippen LogP contribution in [0.1, 0.15) is 16.7 Å². The summed E-state index contributed by atoms with van der Waals surface area (Å²) in [6.07, 6.45) is 3.39. The average molecular weight is 379 g/mol. The maximum absolute atomic E-state index is 13.3. The summed E-state index contributed by atoms with van der Waals surface area (Å²) in [6, 6.07) is 21.5. The Morgan fingerprint density at radius 3 is 2.15 bits per heavy atom. The number of aryl methyl sites for hydroxylation is 1. The molecule has 0 bridgehead atoms. The van der Waals surface area contributed by atoms with E-state index in [9.17, 15) is 12.8 Å². The van der Waals surface area contributed by atoms with E-state index >= 15 is 0 Å². The maximum atomic E-state index is 13.3. The number of nitrogens with zero attached hydrogens (tertiary/aromatic N) is 1. The molecule has 0 saturated heterocycles. The summed E-state index contributed by atoms with van der Waals surface area (Å²) in [6.45, 7) is 1.88. The van der Waals surface area contributed by atoms with Gasteiger partial charge in [-0.05, 0) is 55.0 Å². The van der Waals surface area contributed by atoms with Gasteiger partial charge >= 0.3 is 0 Å². The SMILES string of the molecule is Cc1ccc(S(=O)(=O)/N=C(\C=C\c2ccccc2)c2ccc(F)cc2)cc1. The summed E-state index contributed by atoms with van der Waals surface area (Å²) >= 11 is 0. The van der Waals surface area contributed by atoms with E-state index in [-0.39, 0.29) is 10.6 Å². The van der Waals surface area contributed by atoms with Crippen LogP contribution in [0.4, 0.5) is 4.39 Å². The molecular weight excluding hydrogens is 361 g/mol. The highest BCUT2D eigenvalue weighted by atomic mass is 32.2. The van der Waals surface area contributed by atoms with Crippen molar-refractivity contribution in [1.82, 2.24) is 0 Å². The summed E-state index contributed by atoms with van der Waals surface area (Å²) < 4.78 is 42.7. The molecule has 0 aliphatic carbocycles. The van der Waals surface area contributed by atoms with E-state index in [0.29, 0.717) is 5.56 Å². The molecule has 0 atom stereocenters. The van der Waals surface area contributed by atoms with Crippen LogP contribution >= 0.6 is 0 Å². The van der Waals surface area contributed by atoms with E-state index in [0.717, 1.165) is 11.1 Å². The van der Waals surface area contributed by atoms with Crippen LogP contribution < -0.4 is 0 Å². The lowest BCUT2D eigenvalue weighted by molar-refractivity contribution is 0.598. The van der Waals surface area contributed by atoms with Crippen molar-refractivity contribution in [2.75, 3.05) is 0 Å². The van der Waals surface area contributed by atoms with Gasteiger partial charge in [-0.1, -0.05) is 54.1 Å². The second-order valence-electron chi connectivity index (χ2n) is 6.02. The second kappa shape index (κ2) is 8.10. The smallest absolute Gasteiger partial charge is 0.207 e. The van der Waals surface area contributed by atoms with Crippen molar-refractivity contribution in [2.45, 2.75) is 11.8 Å². The molecule has 0 N–H and O–H groups in total. The van der Waals surface area contributed by atoms with Gasteiger partial charge in [-0.2, -0.15) is 12.8 Å². The third kappa shape index (κ3) is 4.99. The van der Waals surface area contributed by atoms with Crippen molar-refractivity contribution >= 4 is 21.8 Å². The average Bonchev–Trinajstić information content (AvgIpc) is 2.67. The van der Waals surface area contributed by atoms with Crippen molar-refractivity contribution in [2.24, 2.45) is 4.40 Å². The normalized spacial score (nSPS) is 12.4. The minimum atomic E-state index is -3.90. The fourth-order valence-corrected chi connectivity index (χ4v) is 3.44. The quantitative estimate of drug-likeness (QED) is 0.584. The molecule has 0 unspecified atom stereocenters. The fraction of sp³-hybridized carbons (Fsp3) is 0.0455. The van der Waals surface area contributed by atoms with Gasteiger partial charge in [-0.15, -0.1) is 0 Å². The minimum Gasteiger partial charge on any atom is -0.207 e. The van der Waals surface area contributed by atoms with E-state index in [1.54, 1.807) is 24.3 Å². The number of allylic oxidation sites excluding steroid dienone is 1. The Hall–Kier alpha value is -3.05. The third-order valence-corrected chi connectivity index (χ3v) is 5.22. The standard InChI is InChI=1S/C22H18FNO2S/c1-17-7-14-21(15-8-17)27(25,26)24-22(19-10-12-20(23)13-11-19)16-9-18-5-3-2-4-6-18/h2-16H,1H3/b16-9+,24-22+. The molecule has 27 heavy (non-hydrogen) atoms. The van der Waals surface area contributed by atoms with Gasteiger partial charge in [0, 0.05) is 5.56 Å². The Morgan fingerprint density at radius 1 is 0.889 bits per heavy atom. The third-order valence-electron chi connectivity index (χ3n) is 3.91. The van der Waals surface area contributed by atoms with Crippen LogP contribution in [0.25, 0.3) is 6.08 Å². The van der Waals surface area contributed by atoms with Gasteiger partial charge < -0.3 is 0 Å². The summed E-state index contributed by atoms with van der Waals surface area (Å²) in [5, 5.41) is 0. The molecule has 3 nitrogen and oxygen atoms in total. The number of rotatable bonds is 5. The van der Waals surface area contributed by atoms with Crippen LogP contribution in [0.2, 0.25) is 0 Å². The highest BCUT2D eigenvalue weighted by molar-refractivity contribution is 7.90. The number of hydrogen-bond donors (Lipinski definition) is 0. The van der Waals surface area contributed by atoms with Gasteiger partial charge in [0.05, 0.1) is 10.6 Å². The highest BCUT2D eigenvalue weighted by Crippen LogP contribution is 2.16. The zero-order valence-electron chi connectivity index (χ0n) is 14.7. The van der Waals surface area contributed by atoms with Gasteiger partial charge in [-0.3, -0.25) is 0 Å².